The minimum Gasteiger partial charge on any atom is -0.436 e. The second-order valence-electron chi connectivity index (χ2n) is 7.84. The quantitative estimate of drug-likeness (QED) is 0.260. The molecule has 4 aromatic rings. The largest absolute Gasteiger partial charge is 0.436 e. The van der Waals surface area contributed by atoms with Crippen LogP contribution in [0.25, 0.3) is 22.6 Å². The molecule has 0 aliphatic heterocycles. The Morgan fingerprint density at radius 1 is 1.03 bits per heavy atom. The van der Waals surface area contributed by atoms with E-state index >= 15 is 0 Å². The van der Waals surface area contributed by atoms with Gasteiger partial charge in [0.1, 0.15) is 5.52 Å². The molecule has 0 radical (unpaired) electrons. The molecule has 1 N–H and O–H groups in total. The van der Waals surface area contributed by atoms with E-state index in [0.29, 0.717) is 28.6 Å². The molecule has 1 aromatic heterocycles. The molecule has 34 heavy (non-hydrogen) atoms. The lowest BCUT2D eigenvalue weighted by Crippen LogP contribution is -2.12. The van der Waals surface area contributed by atoms with Crippen molar-refractivity contribution in [2.75, 3.05) is 5.32 Å². The summed E-state index contributed by atoms with van der Waals surface area (Å²) in [6.07, 6.45) is 1.01. The Hall–Kier alpha value is -4.60. The van der Waals surface area contributed by atoms with Crippen molar-refractivity contribution in [1.29, 1.82) is 0 Å². The molecule has 1 amide bonds. The number of hydrogen-bond acceptors (Lipinski definition) is 7. The number of rotatable bonds is 7. The first-order valence-corrected chi connectivity index (χ1v) is 10.5. The highest BCUT2D eigenvalue weighted by Crippen LogP contribution is 2.29. The standard InChI is InChI=1S/C24H20N4O6/c1-3-14(2)15-7-8-22-21(12-15)26-24(34-22)16-5-4-6-18(9-16)25-23(29)17-10-19(27(30)31)13-20(11-17)28(32)33/h4-14H,3H2,1-2H3,(H,25,29). The Morgan fingerprint density at radius 3 is 2.38 bits per heavy atom. The van der Waals surface area contributed by atoms with E-state index in [-0.39, 0.29) is 5.56 Å². The molecule has 0 saturated heterocycles. The van der Waals surface area contributed by atoms with Crippen LogP contribution in [0.5, 0.6) is 0 Å². The van der Waals surface area contributed by atoms with Gasteiger partial charge in [0.15, 0.2) is 5.58 Å². The maximum absolute atomic E-state index is 12.7. The molecule has 0 aliphatic carbocycles. The summed E-state index contributed by atoms with van der Waals surface area (Å²) in [6.45, 7) is 4.26. The number of fused-ring (bicyclic) bond motifs is 1. The maximum atomic E-state index is 12.7. The minimum atomic E-state index is -0.787. The number of nitro benzene ring substituents is 2. The molecule has 0 spiro atoms. The van der Waals surface area contributed by atoms with Crippen LogP contribution in [0.4, 0.5) is 17.1 Å². The van der Waals surface area contributed by atoms with Crippen molar-refractivity contribution in [3.05, 3.63) is 92.0 Å². The van der Waals surface area contributed by atoms with Gasteiger partial charge in [-0.2, -0.15) is 0 Å². The van der Waals surface area contributed by atoms with E-state index in [0.717, 1.165) is 30.1 Å². The third-order valence-electron chi connectivity index (χ3n) is 5.55. The molecule has 10 nitrogen and oxygen atoms in total. The summed E-state index contributed by atoms with van der Waals surface area (Å²) in [7, 11) is 0. The van der Waals surface area contributed by atoms with E-state index in [1.807, 2.05) is 18.2 Å². The number of amides is 1. The molecule has 0 saturated carbocycles. The SMILES string of the molecule is CCC(C)c1ccc2oc(-c3cccc(NC(=O)c4cc([N+](=O)[O-])cc([N+](=O)[O-])c4)c3)nc2c1. The monoisotopic (exact) mass is 460 g/mol. The molecule has 0 aliphatic rings. The van der Waals surface area contributed by atoms with Gasteiger partial charge in [-0.15, -0.1) is 0 Å². The van der Waals surface area contributed by atoms with Gasteiger partial charge in [-0.3, -0.25) is 25.0 Å². The first-order valence-electron chi connectivity index (χ1n) is 10.5. The van der Waals surface area contributed by atoms with E-state index in [2.05, 4.69) is 24.1 Å². The van der Waals surface area contributed by atoms with Gasteiger partial charge in [-0.05, 0) is 48.2 Å². The lowest BCUT2D eigenvalue weighted by molar-refractivity contribution is -0.394. The topological polar surface area (TPSA) is 141 Å². The summed E-state index contributed by atoms with van der Waals surface area (Å²) in [6, 6.07) is 15.4. The van der Waals surface area contributed by atoms with Crippen LogP contribution in [-0.4, -0.2) is 20.7 Å². The van der Waals surface area contributed by atoms with Crippen molar-refractivity contribution < 1.29 is 19.1 Å². The third kappa shape index (κ3) is 4.60. The summed E-state index contributed by atoms with van der Waals surface area (Å²) in [5.41, 5.74) is 2.23. The predicted molar refractivity (Wildman–Crippen MR) is 126 cm³/mol. The number of non-ortho nitro benzene ring substituents is 2. The number of nitrogens with zero attached hydrogens (tertiary/aromatic N) is 3. The van der Waals surface area contributed by atoms with Crippen LogP contribution in [0.15, 0.2) is 65.1 Å². The van der Waals surface area contributed by atoms with Crippen LogP contribution in [0.3, 0.4) is 0 Å². The van der Waals surface area contributed by atoms with E-state index in [1.54, 1.807) is 24.3 Å². The molecule has 1 atom stereocenters. The van der Waals surface area contributed by atoms with Gasteiger partial charge in [0.25, 0.3) is 17.3 Å². The molecule has 1 unspecified atom stereocenters. The van der Waals surface area contributed by atoms with Crippen LogP contribution >= 0.6 is 0 Å². The van der Waals surface area contributed by atoms with Gasteiger partial charge in [0.2, 0.25) is 5.89 Å². The normalized spacial score (nSPS) is 11.8. The first kappa shape index (κ1) is 22.6. The van der Waals surface area contributed by atoms with Crippen molar-refractivity contribution in [1.82, 2.24) is 4.98 Å². The molecule has 0 bridgehead atoms. The van der Waals surface area contributed by atoms with Gasteiger partial charge in [-0.1, -0.05) is 26.0 Å². The number of oxazole rings is 1. The summed E-state index contributed by atoms with van der Waals surface area (Å²) < 4.78 is 5.88. The van der Waals surface area contributed by atoms with Crippen LogP contribution in [-0.2, 0) is 0 Å². The van der Waals surface area contributed by atoms with E-state index in [9.17, 15) is 25.0 Å². The van der Waals surface area contributed by atoms with E-state index in [4.69, 9.17) is 4.42 Å². The van der Waals surface area contributed by atoms with Crippen LogP contribution in [0.1, 0.15) is 42.1 Å². The summed E-state index contributed by atoms with van der Waals surface area (Å²) in [5, 5.41) is 24.8. The number of nitrogens with one attached hydrogen (secondary N) is 1. The van der Waals surface area contributed by atoms with Gasteiger partial charge in [-0.25, -0.2) is 4.98 Å². The molecule has 0 fully saturated rings. The highest BCUT2D eigenvalue weighted by atomic mass is 16.6. The number of carbonyl (C=O) groups is 1. The minimum absolute atomic E-state index is 0.203. The van der Waals surface area contributed by atoms with Crippen LogP contribution < -0.4 is 5.32 Å². The average molecular weight is 460 g/mol. The Morgan fingerprint density at radius 2 is 1.74 bits per heavy atom. The molecule has 4 rings (SSSR count). The number of hydrogen-bond donors (Lipinski definition) is 1. The zero-order chi connectivity index (χ0) is 24.4. The zero-order valence-corrected chi connectivity index (χ0v) is 18.3. The number of aromatic nitrogens is 1. The Kier molecular flexibility index (Phi) is 6.05. The number of carbonyl (C=O) groups excluding carboxylic acids is 1. The van der Waals surface area contributed by atoms with Crippen LogP contribution in [0, 0.1) is 20.2 Å². The average Bonchev–Trinajstić information content (AvgIpc) is 3.27. The van der Waals surface area contributed by atoms with Crippen LogP contribution in [0.2, 0.25) is 0 Å². The number of anilines is 1. The highest BCUT2D eigenvalue weighted by molar-refractivity contribution is 6.05. The van der Waals surface area contributed by atoms with Crippen molar-refractivity contribution in [2.24, 2.45) is 0 Å². The highest BCUT2D eigenvalue weighted by Gasteiger charge is 2.20. The van der Waals surface area contributed by atoms with E-state index in [1.165, 1.54) is 5.56 Å². The molecule has 1 heterocycles. The fourth-order valence-corrected chi connectivity index (χ4v) is 3.48. The number of nitro groups is 2. The smallest absolute Gasteiger partial charge is 0.277 e. The first-order chi connectivity index (χ1) is 16.2. The molecule has 3 aromatic carbocycles. The van der Waals surface area contributed by atoms with Gasteiger partial charge < -0.3 is 9.73 Å². The molecular formula is C24H20N4O6. The fraction of sp³-hybridized carbons (Fsp3) is 0.167. The molecule has 10 heteroatoms. The summed E-state index contributed by atoms with van der Waals surface area (Å²) >= 11 is 0. The van der Waals surface area contributed by atoms with Crippen molar-refractivity contribution in [3.63, 3.8) is 0 Å². The number of benzene rings is 3. The van der Waals surface area contributed by atoms with Gasteiger partial charge in [0.05, 0.1) is 21.5 Å². The molecular weight excluding hydrogens is 440 g/mol. The lowest BCUT2D eigenvalue weighted by Gasteiger charge is -2.07. The summed E-state index contributed by atoms with van der Waals surface area (Å²) in [5.74, 6) is 0.0471. The fourth-order valence-electron chi connectivity index (χ4n) is 3.48. The van der Waals surface area contributed by atoms with Gasteiger partial charge in [0, 0.05) is 23.4 Å². The predicted octanol–water partition coefficient (Wildman–Crippen LogP) is 6.08. The zero-order valence-electron chi connectivity index (χ0n) is 18.3. The van der Waals surface area contributed by atoms with Crippen molar-refractivity contribution in [3.8, 4) is 11.5 Å². The van der Waals surface area contributed by atoms with E-state index < -0.39 is 27.1 Å². The Bertz CT molecular complexity index is 1400. The summed E-state index contributed by atoms with van der Waals surface area (Å²) in [4.78, 5) is 37.9. The second kappa shape index (κ2) is 9.10. The maximum Gasteiger partial charge on any atom is 0.277 e. The van der Waals surface area contributed by atoms with Gasteiger partial charge >= 0.3 is 0 Å². The Balaban J connectivity index is 1.62. The Labute approximate surface area is 193 Å². The lowest BCUT2D eigenvalue weighted by atomic mass is 9.98. The second-order valence-corrected chi connectivity index (χ2v) is 7.84. The molecule has 172 valence electrons. The third-order valence-corrected chi connectivity index (χ3v) is 5.55. The van der Waals surface area contributed by atoms with Crippen molar-refractivity contribution >= 4 is 34.1 Å². The van der Waals surface area contributed by atoms with Crippen molar-refractivity contribution in [2.45, 2.75) is 26.2 Å².